The van der Waals surface area contributed by atoms with Gasteiger partial charge in [0.05, 0.1) is 5.69 Å². The summed E-state index contributed by atoms with van der Waals surface area (Å²) in [5.41, 5.74) is 9.04. The van der Waals surface area contributed by atoms with Gasteiger partial charge in [0.1, 0.15) is 5.69 Å². The van der Waals surface area contributed by atoms with Crippen LogP contribution < -0.4 is 5.73 Å². The molecule has 0 aliphatic rings. The van der Waals surface area contributed by atoms with Crippen LogP contribution in [0.15, 0.2) is 55.1 Å². The minimum atomic E-state index is 0.235. The summed E-state index contributed by atoms with van der Waals surface area (Å²) in [6.07, 6.45) is 6.90. The topological polar surface area (TPSA) is 77.6 Å². The molecule has 19 heavy (non-hydrogen) atoms. The Morgan fingerprint density at radius 2 is 1.74 bits per heavy atom. The van der Waals surface area contributed by atoms with E-state index in [9.17, 15) is 0 Å². The lowest BCUT2D eigenvalue weighted by molar-refractivity contribution is 1.17. The molecule has 3 rings (SSSR count). The molecule has 0 aliphatic heterocycles. The molecular weight excluding hydrogens is 238 g/mol. The van der Waals surface area contributed by atoms with E-state index in [4.69, 9.17) is 5.73 Å². The van der Waals surface area contributed by atoms with Gasteiger partial charge in [-0.05, 0) is 29.8 Å². The fourth-order valence-electron chi connectivity index (χ4n) is 1.84. The summed E-state index contributed by atoms with van der Waals surface area (Å²) in [6.45, 7) is 0. The van der Waals surface area contributed by atoms with E-state index in [1.54, 1.807) is 24.8 Å². The summed E-state index contributed by atoms with van der Waals surface area (Å²) in [4.78, 5) is 16.7. The highest BCUT2D eigenvalue weighted by Crippen LogP contribution is 2.28. The molecule has 3 aromatic rings. The highest BCUT2D eigenvalue weighted by molar-refractivity contribution is 5.78. The van der Waals surface area contributed by atoms with E-state index < -0.39 is 0 Å². The molecule has 92 valence electrons. The third-order valence-corrected chi connectivity index (χ3v) is 2.71. The zero-order valence-electron chi connectivity index (χ0n) is 10.1. The van der Waals surface area contributed by atoms with Crippen molar-refractivity contribution in [2.45, 2.75) is 0 Å². The van der Waals surface area contributed by atoms with Crippen molar-refractivity contribution in [2.75, 3.05) is 5.73 Å². The second-order valence-electron chi connectivity index (χ2n) is 3.94. The fourth-order valence-corrected chi connectivity index (χ4v) is 1.84. The van der Waals surface area contributed by atoms with E-state index in [1.165, 1.54) is 0 Å². The van der Waals surface area contributed by atoms with E-state index in [-0.39, 0.29) is 5.95 Å². The lowest BCUT2D eigenvalue weighted by Crippen LogP contribution is -1.99. The van der Waals surface area contributed by atoms with E-state index in [1.807, 2.05) is 30.3 Å². The highest BCUT2D eigenvalue weighted by Gasteiger charge is 2.11. The van der Waals surface area contributed by atoms with Gasteiger partial charge in [0.25, 0.3) is 0 Å². The first-order valence-electron chi connectivity index (χ1n) is 5.79. The number of nitrogen functional groups attached to an aromatic ring is 1. The Balaban J connectivity index is 2.21. The van der Waals surface area contributed by atoms with E-state index >= 15 is 0 Å². The van der Waals surface area contributed by atoms with Gasteiger partial charge < -0.3 is 5.73 Å². The molecule has 0 atom stereocenters. The first kappa shape index (κ1) is 11.3. The number of hydrogen-bond acceptors (Lipinski definition) is 5. The Labute approximate surface area is 110 Å². The Morgan fingerprint density at radius 3 is 2.47 bits per heavy atom. The molecule has 5 heteroatoms. The Morgan fingerprint density at radius 1 is 0.895 bits per heavy atom. The van der Waals surface area contributed by atoms with Crippen LogP contribution in [0.5, 0.6) is 0 Å². The quantitative estimate of drug-likeness (QED) is 0.753. The Hall–Kier alpha value is -2.82. The van der Waals surface area contributed by atoms with Crippen LogP contribution in [0.1, 0.15) is 0 Å². The number of hydrogen-bond donors (Lipinski definition) is 1. The average molecular weight is 249 g/mol. The zero-order valence-corrected chi connectivity index (χ0v) is 10.1. The summed E-state index contributed by atoms with van der Waals surface area (Å²) in [7, 11) is 0. The molecule has 5 nitrogen and oxygen atoms in total. The summed E-state index contributed by atoms with van der Waals surface area (Å²) >= 11 is 0. The number of nitrogens with zero attached hydrogens (tertiary/aromatic N) is 4. The molecule has 0 radical (unpaired) electrons. The van der Waals surface area contributed by atoms with Crippen molar-refractivity contribution in [2.24, 2.45) is 0 Å². The van der Waals surface area contributed by atoms with Gasteiger partial charge in [-0.25, -0.2) is 9.97 Å². The van der Waals surface area contributed by atoms with Crippen molar-refractivity contribution < 1.29 is 0 Å². The second kappa shape index (κ2) is 4.81. The van der Waals surface area contributed by atoms with Crippen molar-refractivity contribution in [1.82, 2.24) is 19.9 Å². The van der Waals surface area contributed by atoms with Crippen LogP contribution in [0.4, 0.5) is 5.95 Å². The van der Waals surface area contributed by atoms with Gasteiger partial charge in [0, 0.05) is 30.4 Å². The van der Waals surface area contributed by atoms with Gasteiger partial charge in [-0.15, -0.1) is 0 Å². The zero-order chi connectivity index (χ0) is 13.1. The molecule has 0 saturated heterocycles. The molecule has 3 heterocycles. The number of pyridine rings is 2. The molecule has 0 amide bonds. The number of nitrogens with two attached hydrogens (primary N) is 1. The monoisotopic (exact) mass is 249 g/mol. The van der Waals surface area contributed by atoms with Crippen LogP contribution >= 0.6 is 0 Å². The van der Waals surface area contributed by atoms with Crippen LogP contribution in [0.2, 0.25) is 0 Å². The van der Waals surface area contributed by atoms with Gasteiger partial charge >= 0.3 is 0 Å². The minimum absolute atomic E-state index is 0.235. The standard InChI is InChI=1S/C14H11N5/c15-14-18-9-11(10-4-7-16-8-5-10)13(19-14)12-3-1-2-6-17-12/h1-9H,(H2,15,18,19). The van der Waals surface area contributed by atoms with E-state index in [0.29, 0.717) is 0 Å². The summed E-state index contributed by atoms with van der Waals surface area (Å²) in [5.74, 6) is 0.235. The highest BCUT2D eigenvalue weighted by atomic mass is 15.0. The molecule has 3 aromatic heterocycles. The maximum absolute atomic E-state index is 5.68. The maximum atomic E-state index is 5.68. The summed E-state index contributed by atoms with van der Waals surface area (Å²) in [6, 6.07) is 9.48. The van der Waals surface area contributed by atoms with E-state index in [2.05, 4.69) is 19.9 Å². The molecular formula is C14H11N5. The van der Waals surface area contributed by atoms with Crippen molar-refractivity contribution in [3.8, 4) is 22.5 Å². The van der Waals surface area contributed by atoms with Gasteiger partial charge in [-0.3, -0.25) is 9.97 Å². The molecule has 0 spiro atoms. The minimum Gasteiger partial charge on any atom is -0.368 e. The van der Waals surface area contributed by atoms with Crippen LogP contribution in [-0.2, 0) is 0 Å². The van der Waals surface area contributed by atoms with Crippen molar-refractivity contribution in [3.05, 3.63) is 55.1 Å². The lowest BCUT2D eigenvalue weighted by Gasteiger charge is -2.08. The van der Waals surface area contributed by atoms with Gasteiger partial charge in [0.2, 0.25) is 5.95 Å². The van der Waals surface area contributed by atoms with Crippen molar-refractivity contribution in [1.29, 1.82) is 0 Å². The van der Waals surface area contributed by atoms with Crippen LogP contribution in [0, 0.1) is 0 Å². The van der Waals surface area contributed by atoms with Crippen LogP contribution in [0.25, 0.3) is 22.5 Å². The molecule has 0 saturated carbocycles. The SMILES string of the molecule is Nc1ncc(-c2ccncc2)c(-c2ccccn2)n1. The van der Waals surface area contributed by atoms with Gasteiger partial charge in [-0.2, -0.15) is 0 Å². The first-order chi connectivity index (χ1) is 9.34. The molecule has 0 bridgehead atoms. The largest absolute Gasteiger partial charge is 0.368 e. The van der Waals surface area contributed by atoms with Gasteiger partial charge in [-0.1, -0.05) is 6.07 Å². The third-order valence-electron chi connectivity index (χ3n) is 2.71. The predicted molar refractivity (Wildman–Crippen MR) is 72.9 cm³/mol. The predicted octanol–water partition coefficient (Wildman–Crippen LogP) is 2.18. The summed E-state index contributed by atoms with van der Waals surface area (Å²) in [5, 5.41) is 0. The smallest absolute Gasteiger partial charge is 0.220 e. The van der Waals surface area contributed by atoms with E-state index in [0.717, 1.165) is 22.5 Å². The third kappa shape index (κ3) is 2.26. The molecule has 0 aliphatic carbocycles. The lowest BCUT2D eigenvalue weighted by atomic mass is 10.1. The van der Waals surface area contributed by atoms with Gasteiger partial charge in [0.15, 0.2) is 0 Å². The number of anilines is 1. The molecule has 0 unspecified atom stereocenters. The maximum Gasteiger partial charge on any atom is 0.220 e. The van der Waals surface area contributed by atoms with Crippen LogP contribution in [0.3, 0.4) is 0 Å². The van der Waals surface area contributed by atoms with Crippen LogP contribution in [-0.4, -0.2) is 19.9 Å². The first-order valence-corrected chi connectivity index (χ1v) is 5.79. The number of aromatic nitrogens is 4. The van der Waals surface area contributed by atoms with Crippen molar-refractivity contribution in [3.63, 3.8) is 0 Å². The Kier molecular flexibility index (Phi) is 2.86. The number of rotatable bonds is 2. The molecule has 0 fully saturated rings. The molecule has 2 N–H and O–H groups in total. The van der Waals surface area contributed by atoms with Crippen molar-refractivity contribution >= 4 is 5.95 Å². The second-order valence-corrected chi connectivity index (χ2v) is 3.94. The normalized spacial score (nSPS) is 10.3. The Bertz CT molecular complexity index is 683. The summed E-state index contributed by atoms with van der Waals surface area (Å²) < 4.78 is 0. The fraction of sp³-hybridized carbons (Fsp3) is 0. The average Bonchev–Trinajstić information content (AvgIpc) is 2.49. The molecule has 0 aromatic carbocycles.